The van der Waals surface area contributed by atoms with Crippen molar-refractivity contribution < 1.29 is 19.2 Å². The van der Waals surface area contributed by atoms with Crippen LogP contribution < -0.4 is 5.32 Å². The zero-order chi connectivity index (χ0) is 15.9. The Morgan fingerprint density at radius 1 is 1.29 bits per heavy atom. The molecule has 0 bridgehead atoms. The summed E-state index contributed by atoms with van der Waals surface area (Å²) in [6.07, 6.45) is 0.138. The average Bonchev–Trinajstić information content (AvgIpc) is 2.75. The van der Waals surface area contributed by atoms with Gasteiger partial charge in [-0.2, -0.15) is 0 Å². The van der Waals surface area contributed by atoms with Crippen LogP contribution in [0.2, 0.25) is 0 Å². The molecule has 7 nitrogen and oxygen atoms in total. The highest BCUT2D eigenvalue weighted by Crippen LogP contribution is 2.27. The van der Waals surface area contributed by atoms with Crippen molar-refractivity contribution in [2.24, 2.45) is 5.92 Å². The number of hydrogen-bond acceptors (Lipinski definition) is 4. The first-order valence-corrected chi connectivity index (χ1v) is 7.09. The second-order valence-corrected chi connectivity index (χ2v) is 6.40. The average molecular weight is 295 g/mol. The third-order valence-corrected chi connectivity index (χ3v) is 4.18. The third-order valence-electron chi connectivity index (χ3n) is 4.18. The van der Waals surface area contributed by atoms with Crippen LogP contribution >= 0.6 is 0 Å². The molecule has 1 unspecified atom stereocenters. The molecule has 2 fully saturated rings. The van der Waals surface area contributed by atoms with E-state index in [1.807, 2.05) is 13.8 Å². The van der Waals surface area contributed by atoms with Crippen molar-refractivity contribution in [2.75, 3.05) is 13.1 Å². The van der Waals surface area contributed by atoms with Crippen LogP contribution in [-0.4, -0.2) is 58.1 Å². The number of rotatable bonds is 2. The van der Waals surface area contributed by atoms with Gasteiger partial charge in [-0.3, -0.25) is 24.5 Å². The molecule has 0 aromatic rings. The largest absolute Gasteiger partial charge is 0.339 e. The maximum absolute atomic E-state index is 12.6. The first-order chi connectivity index (χ1) is 9.64. The summed E-state index contributed by atoms with van der Waals surface area (Å²) in [4.78, 5) is 50.9. The number of hydrogen-bond donors (Lipinski definition) is 1. The molecule has 2 heterocycles. The Labute approximate surface area is 123 Å². The van der Waals surface area contributed by atoms with Gasteiger partial charge in [-0.15, -0.1) is 0 Å². The van der Waals surface area contributed by atoms with Crippen molar-refractivity contribution in [3.8, 4) is 0 Å². The van der Waals surface area contributed by atoms with Crippen LogP contribution in [0.25, 0.3) is 0 Å². The van der Waals surface area contributed by atoms with Gasteiger partial charge in [0.15, 0.2) is 0 Å². The fourth-order valence-corrected chi connectivity index (χ4v) is 2.75. The molecule has 21 heavy (non-hydrogen) atoms. The molecule has 2 rings (SSSR count). The van der Waals surface area contributed by atoms with Crippen LogP contribution in [0, 0.1) is 5.92 Å². The first-order valence-electron chi connectivity index (χ1n) is 7.09. The van der Waals surface area contributed by atoms with Crippen LogP contribution in [0.4, 0.5) is 0 Å². The minimum absolute atomic E-state index is 0.0367. The van der Waals surface area contributed by atoms with Gasteiger partial charge in [-0.05, 0) is 27.7 Å². The normalized spacial score (nSPS) is 25.6. The molecule has 1 N–H and O–H groups in total. The highest BCUT2D eigenvalue weighted by molar-refractivity contribution is 6.06. The number of amides is 4. The second-order valence-electron chi connectivity index (χ2n) is 6.40. The summed E-state index contributed by atoms with van der Waals surface area (Å²) in [7, 11) is 0. The molecule has 2 saturated heterocycles. The minimum Gasteiger partial charge on any atom is -0.339 e. The summed E-state index contributed by atoms with van der Waals surface area (Å²) >= 11 is 0. The molecule has 0 aromatic carbocycles. The SMILES string of the molecule is CC(C)N1CC(C(=O)N2CC(=O)NC(=O)C2(C)C)CC1=O. The zero-order valence-corrected chi connectivity index (χ0v) is 12.8. The standard InChI is InChI=1S/C14H21N3O4/c1-8(2)16-6-9(5-11(16)19)12(20)17-7-10(18)15-13(21)14(17,3)4/h8-9H,5-7H2,1-4H3,(H,15,18,21). The molecule has 4 amide bonds. The van der Waals surface area contributed by atoms with Crippen molar-refractivity contribution in [3.05, 3.63) is 0 Å². The van der Waals surface area contributed by atoms with Gasteiger partial charge < -0.3 is 9.80 Å². The van der Waals surface area contributed by atoms with E-state index >= 15 is 0 Å². The van der Waals surface area contributed by atoms with E-state index < -0.39 is 23.3 Å². The quantitative estimate of drug-likeness (QED) is 0.696. The van der Waals surface area contributed by atoms with Gasteiger partial charge >= 0.3 is 0 Å². The highest BCUT2D eigenvalue weighted by Gasteiger charge is 2.47. The maximum Gasteiger partial charge on any atom is 0.252 e. The van der Waals surface area contributed by atoms with Crippen molar-refractivity contribution in [3.63, 3.8) is 0 Å². The lowest BCUT2D eigenvalue weighted by Gasteiger charge is -2.41. The molecule has 0 saturated carbocycles. The Kier molecular flexibility index (Phi) is 3.78. The van der Waals surface area contributed by atoms with E-state index in [0.29, 0.717) is 6.54 Å². The van der Waals surface area contributed by atoms with E-state index in [-0.39, 0.29) is 30.8 Å². The molecule has 2 aliphatic rings. The molecule has 2 aliphatic heterocycles. The zero-order valence-electron chi connectivity index (χ0n) is 12.8. The number of carbonyl (C=O) groups excluding carboxylic acids is 4. The summed E-state index contributed by atoms with van der Waals surface area (Å²) in [5.74, 6) is -1.83. The minimum atomic E-state index is -1.08. The molecule has 116 valence electrons. The molecule has 0 aromatic heterocycles. The predicted molar refractivity (Wildman–Crippen MR) is 73.9 cm³/mol. The summed E-state index contributed by atoms with van der Waals surface area (Å²) < 4.78 is 0. The molecular weight excluding hydrogens is 274 g/mol. The third kappa shape index (κ3) is 2.64. The molecule has 7 heteroatoms. The molecule has 1 atom stereocenters. The van der Waals surface area contributed by atoms with Crippen molar-refractivity contribution in [1.29, 1.82) is 0 Å². The predicted octanol–water partition coefficient (Wildman–Crippen LogP) is -0.493. The summed E-state index contributed by atoms with van der Waals surface area (Å²) in [5.41, 5.74) is -1.08. The molecule has 0 radical (unpaired) electrons. The van der Waals surface area contributed by atoms with Crippen LogP contribution in [0.1, 0.15) is 34.1 Å². The van der Waals surface area contributed by atoms with Crippen LogP contribution in [0.5, 0.6) is 0 Å². The number of carbonyl (C=O) groups is 4. The lowest BCUT2D eigenvalue weighted by atomic mass is 9.95. The fraction of sp³-hybridized carbons (Fsp3) is 0.714. The van der Waals surface area contributed by atoms with Crippen LogP contribution in [0.15, 0.2) is 0 Å². The highest BCUT2D eigenvalue weighted by atomic mass is 16.2. The Morgan fingerprint density at radius 3 is 2.43 bits per heavy atom. The smallest absolute Gasteiger partial charge is 0.252 e. The van der Waals surface area contributed by atoms with Gasteiger partial charge in [0, 0.05) is 19.0 Å². The summed E-state index contributed by atoms with van der Waals surface area (Å²) in [6, 6.07) is 0.0367. The first kappa shape index (κ1) is 15.5. The summed E-state index contributed by atoms with van der Waals surface area (Å²) in [5, 5.41) is 2.23. The maximum atomic E-state index is 12.6. The van der Waals surface area contributed by atoms with Crippen LogP contribution in [0.3, 0.4) is 0 Å². The van der Waals surface area contributed by atoms with Gasteiger partial charge in [-0.1, -0.05) is 0 Å². The number of nitrogens with zero attached hydrogens (tertiary/aromatic N) is 2. The monoisotopic (exact) mass is 295 g/mol. The van der Waals surface area contributed by atoms with Crippen LogP contribution in [-0.2, 0) is 19.2 Å². The van der Waals surface area contributed by atoms with E-state index in [1.165, 1.54) is 4.90 Å². The molecular formula is C14H21N3O4. The molecule has 0 aliphatic carbocycles. The van der Waals surface area contributed by atoms with E-state index in [0.717, 1.165) is 0 Å². The second kappa shape index (κ2) is 5.13. The summed E-state index contributed by atoms with van der Waals surface area (Å²) in [6.45, 7) is 7.19. The van der Waals surface area contributed by atoms with E-state index in [2.05, 4.69) is 5.32 Å². The van der Waals surface area contributed by atoms with E-state index in [1.54, 1.807) is 18.7 Å². The van der Waals surface area contributed by atoms with Crippen molar-refractivity contribution in [2.45, 2.75) is 45.7 Å². The van der Waals surface area contributed by atoms with Crippen molar-refractivity contribution in [1.82, 2.24) is 15.1 Å². The Morgan fingerprint density at radius 2 is 1.90 bits per heavy atom. The van der Waals surface area contributed by atoms with Gasteiger partial charge in [0.1, 0.15) is 12.1 Å². The Hall–Kier alpha value is -1.92. The lowest BCUT2D eigenvalue weighted by Crippen LogP contribution is -2.66. The van der Waals surface area contributed by atoms with Gasteiger partial charge in [0.05, 0.1) is 5.92 Å². The molecule has 0 spiro atoms. The van der Waals surface area contributed by atoms with Crippen molar-refractivity contribution >= 4 is 23.6 Å². The Balaban J connectivity index is 2.18. The van der Waals surface area contributed by atoms with Gasteiger partial charge in [0.25, 0.3) is 5.91 Å². The fourth-order valence-electron chi connectivity index (χ4n) is 2.75. The number of nitrogens with one attached hydrogen (secondary N) is 1. The van der Waals surface area contributed by atoms with Gasteiger partial charge in [-0.25, -0.2) is 0 Å². The lowest BCUT2D eigenvalue weighted by molar-refractivity contribution is -0.157. The number of imide groups is 1. The van der Waals surface area contributed by atoms with E-state index in [9.17, 15) is 19.2 Å². The number of piperazine rings is 1. The topological polar surface area (TPSA) is 86.8 Å². The van der Waals surface area contributed by atoms with Gasteiger partial charge in [0.2, 0.25) is 17.7 Å². The number of likely N-dealkylation sites (tertiary alicyclic amines) is 1. The Bertz CT molecular complexity index is 512. The van der Waals surface area contributed by atoms with E-state index in [4.69, 9.17) is 0 Å².